The Bertz CT molecular complexity index is 1330. The number of nitrogens with zero attached hydrogens (tertiary/aromatic N) is 2. The van der Waals surface area contributed by atoms with Crippen LogP contribution in [0, 0.1) is 11.7 Å². The summed E-state index contributed by atoms with van der Waals surface area (Å²) in [5.41, 5.74) is 4.15. The molecule has 4 rings (SSSR count). The summed E-state index contributed by atoms with van der Waals surface area (Å²) in [5.74, 6) is -0.199. The van der Waals surface area contributed by atoms with Crippen LogP contribution in [0.25, 0.3) is 10.9 Å². The highest BCUT2D eigenvalue weighted by molar-refractivity contribution is 5.85. The van der Waals surface area contributed by atoms with Crippen molar-refractivity contribution < 1.29 is 14.0 Å². The average molecular weight is 514 g/mol. The maximum Gasteiger partial charge on any atom is 0.242 e. The van der Waals surface area contributed by atoms with Gasteiger partial charge in [-0.25, -0.2) is 4.39 Å². The van der Waals surface area contributed by atoms with Crippen LogP contribution < -0.4 is 0 Å². The molecule has 0 saturated heterocycles. The SMILES string of the molecule is CC(C)CN(CC(=O)N(CCc1c[nH]c2ccccc12)Cc1ccc(F)cc1)C(=O)CCc1ccccc1. The monoisotopic (exact) mass is 513 g/mol. The van der Waals surface area contributed by atoms with Crippen molar-refractivity contribution in [3.05, 3.63) is 108 Å². The third kappa shape index (κ3) is 7.54. The summed E-state index contributed by atoms with van der Waals surface area (Å²) < 4.78 is 13.5. The number of benzene rings is 3. The molecule has 0 bridgehead atoms. The predicted octanol–water partition coefficient (Wildman–Crippen LogP) is 6.00. The molecular weight excluding hydrogens is 477 g/mol. The van der Waals surface area contributed by atoms with E-state index in [4.69, 9.17) is 0 Å². The number of aryl methyl sites for hydroxylation is 1. The maximum atomic E-state index is 13.7. The van der Waals surface area contributed by atoms with E-state index in [1.165, 1.54) is 12.1 Å². The number of H-pyrrole nitrogens is 1. The Morgan fingerprint density at radius 1 is 0.816 bits per heavy atom. The summed E-state index contributed by atoms with van der Waals surface area (Å²) in [7, 11) is 0. The van der Waals surface area contributed by atoms with E-state index < -0.39 is 0 Å². The van der Waals surface area contributed by atoms with E-state index in [9.17, 15) is 14.0 Å². The van der Waals surface area contributed by atoms with Gasteiger partial charge >= 0.3 is 0 Å². The van der Waals surface area contributed by atoms with Gasteiger partial charge in [0.2, 0.25) is 11.8 Å². The van der Waals surface area contributed by atoms with Crippen molar-refractivity contribution in [2.45, 2.75) is 39.7 Å². The number of hydrogen-bond acceptors (Lipinski definition) is 2. The summed E-state index contributed by atoms with van der Waals surface area (Å²) in [6, 6.07) is 24.3. The largest absolute Gasteiger partial charge is 0.361 e. The molecule has 1 aromatic heterocycles. The van der Waals surface area contributed by atoms with Crippen molar-refractivity contribution in [1.29, 1.82) is 0 Å². The smallest absolute Gasteiger partial charge is 0.242 e. The van der Waals surface area contributed by atoms with Crippen LogP contribution in [0.3, 0.4) is 0 Å². The number of nitrogens with one attached hydrogen (secondary N) is 1. The van der Waals surface area contributed by atoms with E-state index in [1.807, 2.05) is 54.7 Å². The fraction of sp³-hybridized carbons (Fsp3) is 0.312. The lowest BCUT2D eigenvalue weighted by Gasteiger charge is -2.29. The van der Waals surface area contributed by atoms with Crippen LogP contribution in [-0.4, -0.2) is 46.2 Å². The van der Waals surface area contributed by atoms with Crippen molar-refractivity contribution in [2.75, 3.05) is 19.6 Å². The van der Waals surface area contributed by atoms with Gasteiger partial charge in [0.15, 0.2) is 0 Å². The fourth-order valence-electron chi connectivity index (χ4n) is 4.71. The van der Waals surface area contributed by atoms with Crippen molar-refractivity contribution >= 4 is 22.7 Å². The van der Waals surface area contributed by atoms with Crippen LogP contribution in [0.2, 0.25) is 0 Å². The van der Waals surface area contributed by atoms with Gasteiger partial charge in [0, 0.05) is 43.2 Å². The number of carbonyl (C=O) groups excluding carboxylic acids is 2. The first-order valence-electron chi connectivity index (χ1n) is 13.3. The topological polar surface area (TPSA) is 56.4 Å². The van der Waals surface area contributed by atoms with Crippen LogP contribution in [0.5, 0.6) is 0 Å². The minimum atomic E-state index is -0.308. The molecule has 3 aromatic carbocycles. The Morgan fingerprint density at radius 3 is 2.26 bits per heavy atom. The number of aromatic nitrogens is 1. The first-order valence-corrected chi connectivity index (χ1v) is 13.3. The number of carbonyl (C=O) groups is 2. The van der Waals surface area contributed by atoms with Gasteiger partial charge in [0.25, 0.3) is 0 Å². The molecule has 0 unspecified atom stereocenters. The number of rotatable bonds is 12. The minimum absolute atomic E-state index is 0.0192. The zero-order chi connectivity index (χ0) is 26.9. The molecule has 4 aromatic rings. The van der Waals surface area contributed by atoms with Crippen LogP contribution in [-0.2, 0) is 29.0 Å². The second-order valence-electron chi connectivity index (χ2n) is 10.2. The number of aromatic amines is 1. The maximum absolute atomic E-state index is 13.7. The third-order valence-corrected chi connectivity index (χ3v) is 6.70. The molecule has 0 radical (unpaired) electrons. The second kappa shape index (κ2) is 13.0. The lowest BCUT2D eigenvalue weighted by atomic mass is 10.1. The molecule has 2 amide bonds. The zero-order valence-electron chi connectivity index (χ0n) is 22.2. The number of amides is 2. The molecule has 0 aliphatic rings. The quantitative estimate of drug-likeness (QED) is 0.253. The Labute approximate surface area is 224 Å². The van der Waals surface area contributed by atoms with E-state index in [0.29, 0.717) is 38.9 Å². The highest BCUT2D eigenvalue weighted by atomic mass is 19.1. The summed E-state index contributed by atoms with van der Waals surface area (Å²) >= 11 is 0. The van der Waals surface area contributed by atoms with Crippen LogP contribution in [0.4, 0.5) is 4.39 Å². The van der Waals surface area contributed by atoms with Crippen molar-refractivity contribution in [2.24, 2.45) is 5.92 Å². The molecule has 198 valence electrons. The number of hydrogen-bond donors (Lipinski definition) is 1. The summed E-state index contributed by atoms with van der Waals surface area (Å²) in [5, 5.41) is 1.14. The molecule has 38 heavy (non-hydrogen) atoms. The molecular formula is C32H36FN3O2. The molecule has 1 heterocycles. The van der Waals surface area contributed by atoms with Gasteiger partial charge in [-0.2, -0.15) is 0 Å². The fourth-order valence-corrected chi connectivity index (χ4v) is 4.71. The van der Waals surface area contributed by atoms with Gasteiger partial charge in [0.1, 0.15) is 5.82 Å². The first kappa shape index (κ1) is 27.1. The Kier molecular flexibility index (Phi) is 9.30. The molecule has 0 atom stereocenters. The summed E-state index contributed by atoms with van der Waals surface area (Å²) in [6.07, 6.45) is 3.66. The molecule has 6 heteroatoms. The standard InChI is InChI=1S/C32H36FN3O2/c1-24(2)21-36(31(37)17-14-25-8-4-3-5-9-25)23-32(38)35(22-26-12-15-28(33)16-13-26)19-18-27-20-34-30-11-7-6-10-29(27)30/h3-13,15-16,20,24,34H,14,17-19,21-23H2,1-2H3. The van der Waals surface area contributed by atoms with Gasteiger partial charge < -0.3 is 14.8 Å². The minimum Gasteiger partial charge on any atom is -0.361 e. The first-order chi connectivity index (χ1) is 18.4. The van der Waals surface area contributed by atoms with Gasteiger partial charge in [-0.1, -0.05) is 74.5 Å². The van der Waals surface area contributed by atoms with Gasteiger partial charge in [-0.3, -0.25) is 9.59 Å². The van der Waals surface area contributed by atoms with Gasteiger partial charge in [-0.15, -0.1) is 0 Å². The van der Waals surface area contributed by atoms with E-state index in [-0.39, 0.29) is 30.1 Å². The molecule has 0 saturated carbocycles. The summed E-state index contributed by atoms with van der Waals surface area (Å²) in [6.45, 7) is 5.50. The van der Waals surface area contributed by atoms with Crippen LogP contribution in [0.1, 0.15) is 37.0 Å². The molecule has 5 nitrogen and oxygen atoms in total. The molecule has 1 N–H and O–H groups in total. The molecule has 0 aliphatic heterocycles. The molecule has 0 aliphatic carbocycles. The van der Waals surface area contributed by atoms with E-state index in [2.05, 4.69) is 24.9 Å². The van der Waals surface area contributed by atoms with Crippen molar-refractivity contribution in [1.82, 2.24) is 14.8 Å². The average Bonchev–Trinajstić information content (AvgIpc) is 3.33. The lowest BCUT2D eigenvalue weighted by Crippen LogP contribution is -2.44. The second-order valence-corrected chi connectivity index (χ2v) is 10.2. The Balaban J connectivity index is 1.48. The van der Waals surface area contributed by atoms with Crippen LogP contribution in [0.15, 0.2) is 85.1 Å². The van der Waals surface area contributed by atoms with E-state index in [0.717, 1.165) is 27.6 Å². The number of fused-ring (bicyclic) bond motifs is 1. The normalized spacial score (nSPS) is 11.2. The third-order valence-electron chi connectivity index (χ3n) is 6.70. The van der Waals surface area contributed by atoms with E-state index in [1.54, 1.807) is 21.9 Å². The van der Waals surface area contributed by atoms with Gasteiger partial charge in [-0.05, 0) is 53.6 Å². The molecule has 0 fully saturated rings. The molecule has 0 spiro atoms. The Morgan fingerprint density at radius 2 is 1.53 bits per heavy atom. The van der Waals surface area contributed by atoms with Gasteiger partial charge in [0.05, 0.1) is 6.54 Å². The Hall–Kier alpha value is -3.93. The highest BCUT2D eigenvalue weighted by Crippen LogP contribution is 2.19. The lowest BCUT2D eigenvalue weighted by molar-refractivity contribution is -0.141. The predicted molar refractivity (Wildman–Crippen MR) is 150 cm³/mol. The zero-order valence-corrected chi connectivity index (χ0v) is 22.2. The highest BCUT2D eigenvalue weighted by Gasteiger charge is 2.22. The van der Waals surface area contributed by atoms with Crippen LogP contribution >= 0.6 is 0 Å². The van der Waals surface area contributed by atoms with E-state index >= 15 is 0 Å². The number of halogens is 1. The number of para-hydroxylation sites is 1. The van der Waals surface area contributed by atoms with Crippen molar-refractivity contribution in [3.63, 3.8) is 0 Å². The summed E-state index contributed by atoms with van der Waals surface area (Å²) in [4.78, 5) is 33.6. The van der Waals surface area contributed by atoms with Crippen molar-refractivity contribution in [3.8, 4) is 0 Å².